The van der Waals surface area contributed by atoms with E-state index in [1.165, 1.54) is 31.2 Å². The molecule has 1 aromatic carbocycles. The van der Waals surface area contributed by atoms with Crippen LogP contribution in [0, 0.1) is 17.8 Å². The fourth-order valence-corrected chi connectivity index (χ4v) is 4.54. The molecule has 3 nitrogen and oxygen atoms in total. The van der Waals surface area contributed by atoms with E-state index < -0.39 is 0 Å². The predicted molar refractivity (Wildman–Crippen MR) is 85.5 cm³/mol. The van der Waals surface area contributed by atoms with E-state index in [1.54, 1.807) is 0 Å². The lowest BCUT2D eigenvalue weighted by atomic mass is 9.82. The maximum Gasteiger partial charge on any atom is 0.0991 e. The van der Waals surface area contributed by atoms with E-state index >= 15 is 0 Å². The topological polar surface area (TPSA) is 47.3 Å². The first-order valence-corrected chi connectivity index (χ1v) is 8.44. The molecule has 0 spiro atoms. The van der Waals surface area contributed by atoms with Gasteiger partial charge in [0.2, 0.25) is 0 Å². The number of hydrogen-bond acceptors (Lipinski definition) is 3. The van der Waals surface area contributed by atoms with Crippen molar-refractivity contribution in [1.29, 1.82) is 0 Å². The molecule has 0 radical (unpaired) electrons. The normalized spacial score (nSPS) is 30.5. The molecule has 116 valence electrons. The van der Waals surface area contributed by atoms with Gasteiger partial charge in [0.05, 0.1) is 12.1 Å². The lowest BCUT2D eigenvalue weighted by Gasteiger charge is -2.31. The molecule has 2 fully saturated rings. The van der Waals surface area contributed by atoms with Crippen molar-refractivity contribution in [3.8, 4) is 0 Å². The number of nitrogens with two attached hydrogens (primary N) is 1. The van der Waals surface area contributed by atoms with E-state index in [0.717, 1.165) is 24.2 Å². The molecule has 2 saturated carbocycles. The summed E-state index contributed by atoms with van der Waals surface area (Å²) >= 11 is 0. The molecule has 0 aromatic heterocycles. The maximum atomic E-state index is 6.03. The first kappa shape index (κ1) is 15.0. The van der Waals surface area contributed by atoms with Crippen molar-refractivity contribution in [2.45, 2.75) is 51.2 Å². The lowest BCUT2D eigenvalue weighted by Crippen LogP contribution is -2.42. The van der Waals surface area contributed by atoms with Crippen LogP contribution in [0.3, 0.4) is 0 Å². The number of ether oxygens (including phenoxy) is 1. The highest BCUT2D eigenvalue weighted by Crippen LogP contribution is 2.50. The summed E-state index contributed by atoms with van der Waals surface area (Å²) < 4.78 is 6.03. The van der Waals surface area contributed by atoms with Crippen molar-refractivity contribution in [1.82, 2.24) is 5.43 Å². The zero-order valence-corrected chi connectivity index (χ0v) is 13.0. The van der Waals surface area contributed by atoms with Crippen molar-refractivity contribution in [3.05, 3.63) is 35.9 Å². The van der Waals surface area contributed by atoms with Crippen LogP contribution in [0.2, 0.25) is 0 Å². The Kier molecular flexibility index (Phi) is 4.94. The Morgan fingerprint density at radius 3 is 2.62 bits per heavy atom. The summed E-state index contributed by atoms with van der Waals surface area (Å²) in [4.78, 5) is 0. The quantitative estimate of drug-likeness (QED) is 0.597. The van der Waals surface area contributed by atoms with Gasteiger partial charge in [0.15, 0.2) is 0 Å². The Bertz CT molecular complexity index is 436. The number of hydrogen-bond donors (Lipinski definition) is 2. The molecular weight excluding hydrogens is 260 g/mol. The van der Waals surface area contributed by atoms with Gasteiger partial charge < -0.3 is 4.74 Å². The van der Waals surface area contributed by atoms with E-state index in [2.05, 4.69) is 36.6 Å². The molecule has 2 bridgehead atoms. The van der Waals surface area contributed by atoms with Crippen molar-refractivity contribution in [2.24, 2.45) is 23.6 Å². The molecule has 1 aromatic rings. The first-order chi connectivity index (χ1) is 10.3. The fourth-order valence-electron chi connectivity index (χ4n) is 4.54. The molecule has 5 atom stereocenters. The van der Waals surface area contributed by atoms with Crippen LogP contribution in [0.5, 0.6) is 0 Å². The average Bonchev–Trinajstić information content (AvgIpc) is 3.14. The van der Waals surface area contributed by atoms with Gasteiger partial charge >= 0.3 is 0 Å². The van der Waals surface area contributed by atoms with Crippen LogP contribution in [-0.4, -0.2) is 12.6 Å². The van der Waals surface area contributed by atoms with Crippen molar-refractivity contribution < 1.29 is 4.74 Å². The van der Waals surface area contributed by atoms with Gasteiger partial charge in [0.1, 0.15) is 0 Å². The van der Waals surface area contributed by atoms with Crippen molar-refractivity contribution in [2.75, 3.05) is 6.61 Å². The van der Waals surface area contributed by atoms with Gasteiger partial charge in [-0.2, -0.15) is 0 Å². The molecule has 0 amide bonds. The third-order valence-corrected chi connectivity index (χ3v) is 5.50. The van der Waals surface area contributed by atoms with Crippen LogP contribution in [0.4, 0.5) is 0 Å². The molecule has 21 heavy (non-hydrogen) atoms. The lowest BCUT2D eigenvalue weighted by molar-refractivity contribution is 0.0235. The molecular formula is C18H28N2O. The van der Waals surface area contributed by atoms with E-state index in [9.17, 15) is 0 Å². The summed E-state index contributed by atoms with van der Waals surface area (Å²) in [6.45, 7) is 2.77. The molecule has 5 unspecified atom stereocenters. The first-order valence-electron chi connectivity index (χ1n) is 8.44. The van der Waals surface area contributed by atoms with Gasteiger partial charge in [0, 0.05) is 6.61 Å². The summed E-state index contributed by atoms with van der Waals surface area (Å²) in [5.74, 6) is 8.64. The second-order valence-corrected chi connectivity index (χ2v) is 6.73. The van der Waals surface area contributed by atoms with Gasteiger partial charge in [0.25, 0.3) is 0 Å². The zero-order chi connectivity index (χ0) is 14.7. The van der Waals surface area contributed by atoms with Crippen LogP contribution in [-0.2, 0) is 4.74 Å². The third kappa shape index (κ3) is 3.31. The Labute approximate surface area is 128 Å². The van der Waals surface area contributed by atoms with E-state index in [-0.39, 0.29) is 12.1 Å². The summed E-state index contributed by atoms with van der Waals surface area (Å²) in [5, 5.41) is 0. The molecule has 0 heterocycles. The number of fused-ring (bicyclic) bond motifs is 2. The van der Waals surface area contributed by atoms with Gasteiger partial charge in [-0.3, -0.25) is 11.3 Å². The average molecular weight is 288 g/mol. The van der Waals surface area contributed by atoms with Crippen molar-refractivity contribution in [3.63, 3.8) is 0 Å². The fraction of sp³-hybridized carbons (Fsp3) is 0.667. The van der Waals surface area contributed by atoms with Gasteiger partial charge in [-0.05, 0) is 55.9 Å². The predicted octanol–water partition coefficient (Wildman–Crippen LogP) is 3.42. The molecule has 2 aliphatic carbocycles. The molecule has 3 rings (SSSR count). The van der Waals surface area contributed by atoms with Crippen LogP contribution in [0.15, 0.2) is 30.3 Å². The Morgan fingerprint density at radius 2 is 2.05 bits per heavy atom. The number of hydrazine groups is 1. The van der Waals surface area contributed by atoms with Crippen molar-refractivity contribution >= 4 is 0 Å². The number of rotatable bonds is 7. The SMILES string of the molecule is CCOC(c1ccccc1)C(CC1CC2CCC1C2)NN. The number of nitrogens with one attached hydrogen (secondary N) is 1. The van der Waals surface area contributed by atoms with Crippen LogP contribution in [0.1, 0.15) is 50.7 Å². The molecule has 3 heteroatoms. The Balaban J connectivity index is 1.70. The second kappa shape index (κ2) is 6.91. The molecule has 3 N–H and O–H groups in total. The molecule has 0 saturated heterocycles. The largest absolute Gasteiger partial charge is 0.372 e. The van der Waals surface area contributed by atoms with Gasteiger partial charge in [-0.15, -0.1) is 0 Å². The number of benzene rings is 1. The van der Waals surface area contributed by atoms with Crippen LogP contribution < -0.4 is 11.3 Å². The second-order valence-electron chi connectivity index (χ2n) is 6.73. The van der Waals surface area contributed by atoms with E-state index in [0.29, 0.717) is 6.61 Å². The minimum atomic E-state index is 0.0559. The van der Waals surface area contributed by atoms with E-state index in [4.69, 9.17) is 10.6 Å². The minimum absolute atomic E-state index is 0.0559. The summed E-state index contributed by atoms with van der Waals surface area (Å²) in [7, 11) is 0. The maximum absolute atomic E-state index is 6.03. The Hall–Kier alpha value is -0.900. The summed E-state index contributed by atoms with van der Waals surface area (Å²) in [6, 6.07) is 10.7. The Morgan fingerprint density at radius 1 is 1.24 bits per heavy atom. The molecule has 0 aliphatic heterocycles. The van der Waals surface area contributed by atoms with Crippen LogP contribution in [0.25, 0.3) is 0 Å². The monoisotopic (exact) mass is 288 g/mol. The minimum Gasteiger partial charge on any atom is -0.372 e. The summed E-state index contributed by atoms with van der Waals surface area (Å²) in [5.41, 5.74) is 4.27. The highest BCUT2D eigenvalue weighted by atomic mass is 16.5. The van der Waals surface area contributed by atoms with E-state index in [1.807, 2.05) is 6.07 Å². The molecule has 2 aliphatic rings. The standard InChI is InChI=1S/C18H28N2O/c1-2-21-18(14-6-4-3-5-7-14)17(20-19)12-16-11-13-8-9-15(16)10-13/h3-7,13,15-18,20H,2,8-12,19H2,1H3. The third-order valence-electron chi connectivity index (χ3n) is 5.50. The zero-order valence-electron chi connectivity index (χ0n) is 13.0. The smallest absolute Gasteiger partial charge is 0.0991 e. The van der Waals surface area contributed by atoms with Gasteiger partial charge in [-0.1, -0.05) is 36.8 Å². The highest BCUT2D eigenvalue weighted by Gasteiger charge is 2.41. The van der Waals surface area contributed by atoms with Crippen LogP contribution >= 0.6 is 0 Å². The summed E-state index contributed by atoms with van der Waals surface area (Å²) in [6.07, 6.45) is 6.92. The highest BCUT2D eigenvalue weighted by molar-refractivity contribution is 5.19. The van der Waals surface area contributed by atoms with Gasteiger partial charge in [-0.25, -0.2) is 0 Å².